The number of carbonyl (C=O) groups is 2. The Morgan fingerprint density at radius 2 is 1.10 bits per heavy atom. The van der Waals surface area contributed by atoms with Gasteiger partial charge < -0.3 is 43.7 Å². The molecule has 2 aliphatic rings. The van der Waals surface area contributed by atoms with Gasteiger partial charge in [0.1, 0.15) is 18.1 Å². The molecule has 0 saturated carbocycles. The van der Waals surface area contributed by atoms with Gasteiger partial charge in [-0.15, -0.1) is 0 Å². The molecule has 2 fully saturated rings. The first-order valence-electron chi connectivity index (χ1n) is 22.5. The highest BCUT2D eigenvalue weighted by Crippen LogP contribution is 2.30. The van der Waals surface area contributed by atoms with Gasteiger partial charge in [-0.25, -0.2) is 16.8 Å². The van der Waals surface area contributed by atoms with Crippen LogP contribution in [-0.4, -0.2) is 174 Å². The second kappa shape index (κ2) is 27.1. The van der Waals surface area contributed by atoms with Gasteiger partial charge in [0.2, 0.25) is 26.0 Å². The Hall–Kier alpha value is -5.42. The lowest BCUT2D eigenvalue weighted by molar-refractivity contribution is -0.140. The van der Waals surface area contributed by atoms with Gasteiger partial charge in [0.15, 0.2) is 6.79 Å². The maximum atomic E-state index is 13.0. The van der Waals surface area contributed by atoms with Gasteiger partial charge in [0.05, 0.1) is 37.2 Å². The number of amides is 1. The molecule has 380 valence electrons. The minimum Gasteiger partial charge on any atom is -0.497 e. The van der Waals surface area contributed by atoms with E-state index >= 15 is 0 Å². The van der Waals surface area contributed by atoms with E-state index in [-0.39, 0.29) is 61.9 Å². The Balaban J connectivity index is 0.000000252. The van der Waals surface area contributed by atoms with Crippen molar-refractivity contribution in [1.82, 2.24) is 28.8 Å². The van der Waals surface area contributed by atoms with E-state index in [1.165, 1.54) is 48.6 Å². The second-order valence-corrected chi connectivity index (χ2v) is 20.9. The van der Waals surface area contributed by atoms with Crippen molar-refractivity contribution in [3.05, 3.63) is 95.6 Å². The summed E-state index contributed by atoms with van der Waals surface area (Å²) in [5.41, 5.74) is 4.92. The van der Waals surface area contributed by atoms with Gasteiger partial charge in [-0.2, -0.15) is 8.61 Å². The van der Waals surface area contributed by atoms with Gasteiger partial charge in [0, 0.05) is 121 Å². The molecule has 19 nitrogen and oxygen atoms in total. The zero-order valence-electron chi connectivity index (χ0n) is 41.6. The van der Waals surface area contributed by atoms with Gasteiger partial charge in [-0.3, -0.25) is 19.6 Å². The van der Waals surface area contributed by atoms with E-state index in [9.17, 15) is 26.4 Å². The molecule has 0 atom stereocenters. The number of likely N-dealkylation sites (N-methyl/N-ethyl adjacent to an activating group) is 3. The minimum absolute atomic E-state index is 0.0776. The van der Waals surface area contributed by atoms with Crippen LogP contribution in [0.5, 0.6) is 11.5 Å². The lowest BCUT2D eigenvalue weighted by atomic mass is 9.99. The average molecular weight is 999 g/mol. The van der Waals surface area contributed by atoms with Crippen LogP contribution in [0.15, 0.2) is 83.1 Å². The number of hydrogen-bond donors (Lipinski definition) is 1. The van der Waals surface area contributed by atoms with Crippen molar-refractivity contribution in [2.45, 2.75) is 37.5 Å². The largest absolute Gasteiger partial charge is 0.497 e. The molecule has 0 radical (unpaired) electrons. The molecular formula is C48H70N8O11S2. The fourth-order valence-electron chi connectivity index (χ4n) is 7.91. The molecule has 0 unspecified atom stereocenters. The summed E-state index contributed by atoms with van der Waals surface area (Å²) in [6.45, 7) is 13.4. The van der Waals surface area contributed by atoms with Crippen molar-refractivity contribution >= 4 is 43.8 Å². The number of nitrogens with one attached hydrogen (secondary N) is 1. The summed E-state index contributed by atoms with van der Waals surface area (Å²) in [6, 6.07) is 14.9. The predicted octanol–water partition coefficient (Wildman–Crippen LogP) is 3.76. The molecule has 0 bridgehead atoms. The minimum atomic E-state index is -3.69. The van der Waals surface area contributed by atoms with Crippen molar-refractivity contribution in [3.63, 3.8) is 0 Å². The van der Waals surface area contributed by atoms with E-state index in [1.54, 1.807) is 83.4 Å². The topological polar surface area (TPSA) is 203 Å². The predicted molar refractivity (Wildman–Crippen MR) is 265 cm³/mol. The van der Waals surface area contributed by atoms with Crippen LogP contribution in [-0.2, 0) is 43.8 Å². The first kappa shape index (κ1) is 56.2. The first-order valence-corrected chi connectivity index (χ1v) is 25.4. The molecule has 2 aromatic heterocycles. The highest BCUT2D eigenvalue weighted by Gasteiger charge is 2.30. The van der Waals surface area contributed by atoms with Crippen LogP contribution >= 0.6 is 0 Å². The highest BCUT2D eigenvalue weighted by atomic mass is 32.2. The Morgan fingerprint density at radius 3 is 1.49 bits per heavy atom. The number of hydrogen-bond acceptors (Lipinski definition) is 16. The molecule has 21 heteroatoms. The number of methoxy groups -OCH3 is 2. The van der Waals surface area contributed by atoms with Crippen molar-refractivity contribution in [1.29, 1.82) is 0 Å². The van der Waals surface area contributed by atoms with E-state index in [4.69, 9.17) is 18.9 Å². The van der Waals surface area contributed by atoms with Crippen LogP contribution in [0, 0.1) is 39.5 Å². The Bertz CT molecular complexity index is 2410. The fraction of sp³-hybridized carbons (Fsp3) is 0.500. The van der Waals surface area contributed by atoms with Crippen LogP contribution in [0.25, 0.3) is 0 Å². The Labute approximate surface area is 408 Å². The number of rotatable bonds is 23. The van der Waals surface area contributed by atoms with E-state index in [2.05, 4.69) is 42.0 Å². The highest BCUT2D eigenvalue weighted by molar-refractivity contribution is 7.89. The number of aromatic nitrogens is 2. The van der Waals surface area contributed by atoms with Crippen molar-refractivity contribution in [2.75, 3.05) is 131 Å². The monoisotopic (exact) mass is 998 g/mol. The molecule has 1 N–H and O–H groups in total. The quantitative estimate of drug-likeness (QED) is 0.0639. The summed E-state index contributed by atoms with van der Waals surface area (Å²) in [6.07, 6.45) is 7.25. The van der Waals surface area contributed by atoms with E-state index < -0.39 is 20.0 Å². The molecule has 2 aromatic carbocycles. The van der Waals surface area contributed by atoms with E-state index in [0.29, 0.717) is 46.2 Å². The van der Waals surface area contributed by atoms with E-state index in [0.717, 1.165) is 31.2 Å². The zero-order chi connectivity index (χ0) is 50.7. The third kappa shape index (κ3) is 16.1. The lowest BCUT2D eigenvalue weighted by Crippen LogP contribution is -2.52. The third-order valence-electron chi connectivity index (χ3n) is 11.6. The number of ether oxygens (including phenoxy) is 5. The number of aryl methyl sites for hydroxylation is 4. The normalized spacial score (nSPS) is 13.9. The fourth-order valence-corrected chi connectivity index (χ4v) is 11.0. The van der Waals surface area contributed by atoms with Crippen LogP contribution in [0.3, 0.4) is 0 Å². The molecule has 4 heterocycles. The molecule has 2 aliphatic heterocycles. The van der Waals surface area contributed by atoms with Gasteiger partial charge in [0.25, 0.3) is 6.47 Å². The molecule has 69 heavy (non-hydrogen) atoms. The first-order chi connectivity index (χ1) is 32.9. The number of nitrogens with zero attached hydrogens (tertiary/aromatic N) is 7. The Morgan fingerprint density at radius 1 is 0.696 bits per heavy atom. The standard InChI is InChI=1S/C24H34N4O5S.C14H21NO6S.C10H15N3/c1-18-12-22(32-5)13-19(2)24(18)34(30,31)27(4)10-11-33-17-23(29)26(3)14-20-15-28(16-20)21-6-8-25-9-7-21;1-11-7-13(19-4)8-12(2)14(11)22(17,18)15(3)5-6-20-10-21-9-16;1-11-6-9-7-13(8-9)10-2-4-12-5-3-10/h6-9,12-13,20H,10-11,14-17H2,1-5H3;7-9H,5-6,10H2,1-4H3;2-5,9,11H,6-8H2,1H3. The van der Waals surface area contributed by atoms with Crippen LogP contribution in [0.1, 0.15) is 22.3 Å². The zero-order valence-corrected chi connectivity index (χ0v) is 43.2. The van der Waals surface area contributed by atoms with Gasteiger partial charge in [-0.05, 0) is 106 Å². The third-order valence-corrected chi connectivity index (χ3v) is 16.0. The maximum Gasteiger partial charge on any atom is 0.295 e. The van der Waals surface area contributed by atoms with Crippen LogP contribution in [0.4, 0.5) is 11.4 Å². The van der Waals surface area contributed by atoms with Crippen molar-refractivity contribution in [3.8, 4) is 11.5 Å². The summed E-state index contributed by atoms with van der Waals surface area (Å²) in [5.74, 6) is 2.35. The molecule has 4 aromatic rings. The van der Waals surface area contributed by atoms with Crippen molar-refractivity contribution in [2.24, 2.45) is 11.8 Å². The summed E-state index contributed by atoms with van der Waals surface area (Å²) in [7, 11) is 2.53. The van der Waals surface area contributed by atoms with Crippen LogP contribution in [0.2, 0.25) is 0 Å². The molecular weight excluding hydrogens is 929 g/mol. The smallest absolute Gasteiger partial charge is 0.295 e. The second-order valence-electron chi connectivity index (χ2n) is 17.0. The number of pyridine rings is 2. The summed E-state index contributed by atoms with van der Waals surface area (Å²) in [4.78, 5) is 37.3. The summed E-state index contributed by atoms with van der Waals surface area (Å²) in [5, 5.41) is 3.20. The molecule has 2 saturated heterocycles. The van der Waals surface area contributed by atoms with Gasteiger partial charge in [-0.1, -0.05) is 0 Å². The SMILES string of the molecule is CNCC1CN(c2ccncc2)C1.COc1cc(C)c(S(=O)(=O)N(C)CCOCC(=O)N(C)CC2CN(c3ccncc3)C2)c(C)c1.COc1cc(C)c(S(=O)(=O)N(C)CCOCOC=O)c(C)c1. The Kier molecular flexibility index (Phi) is 22.1. The summed E-state index contributed by atoms with van der Waals surface area (Å²) >= 11 is 0. The number of anilines is 2. The molecule has 6 rings (SSSR count). The van der Waals surface area contributed by atoms with Crippen molar-refractivity contribution < 1.29 is 50.1 Å². The number of sulfonamides is 2. The lowest BCUT2D eigenvalue weighted by Gasteiger charge is -2.42. The van der Waals surface area contributed by atoms with Gasteiger partial charge >= 0.3 is 0 Å². The van der Waals surface area contributed by atoms with E-state index in [1.807, 2.05) is 31.6 Å². The molecule has 0 aliphatic carbocycles. The average Bonchev–Trinajstić information content (AvgIpc) is 3.29. The maximum absolute atomic E-state index is 13.0. The van der Waals surface area contributed by atoms with Crippen LogP contribution < -0.4 is 24.6 Å². The number of benzene rings is 2. The molecule has 1 amide bonds. The summed E-state index contributed by atoms with van der Waals surface area (Å²) < 4.78 is 79.0. The number of carbonyl (C=O) groups excluding carboxylic acids is 2. The molecule has 0 spiro atoms.